The van der Waals surface area contributed by atoms with E-state index in [0.717, 1.165) is 36.3 Å². The standard InChI is InChI=1S/C18H26N6S.HI/c1-14(2)16-12-23(9-10-25-16)18(19-3)20-11-17-22-21-13-24(17)15-7-5-4-6-8-15;/h4-8,13-14,16H,9-12H2,1-3H3,(H,19,20);1H. The number of aliphatic imine (C=N–C) groups is 1. The lowest BCUT2D eigenvalue weighted by Crippen LogP contribution is -2.48. The molecule has 1 aliphatic rings. The van der Waals surface area contributed by atoms with Crippen molar-refractivity contribution in [2.24, 2.45) is 10.9 Å². The lowest BCUT2D eigenvalue weighted by atomic mass is 10.1. The normalized spacial score (nSPS) is 17.9. The van der Waals surface area contributed by atoms with Crippen LogP contribution in [0.15, 0.2) is 41.7 Å². The van der Waals surface area contributed by atoms with E-state index < -0.39 is 0 Å². The Hall–Kier alpha value is -1.29. The summed E-state index contributed by atoms with van der Waals surface area (Å²) in [5, 5.41) is 12.4. The van der Waals surface area contributed by atoms with Gasteiger partial charge >= 0.3 is 0 Å². The topological polar surface area (TPSA) is 58.3 Å². The Balaban J connectivity index is 0.00000243. The van der Waals surface area contributed by atoms with E-state index in [1.165, 1.54) is 0 Å². The molecule has 142 valence electrons. The molecule has 6 nitrogen and oxygen atoms in total. The molecule has 1 aromatic carbocycles. The van der Waals surface area contributed by atoms with Crippen LogP contribution in [-0.2, 0) is 6.54 Å². The average Bonchev–Trinajstić information content (AvgIpc) is 3.12. The fourth-order valence-corrected chi connectivity index (χ4v) is 4.24. The van der Waals surface area contributed by atoms with Gasteiger partial charge in [0.1, 0.15) is 6.33 Å². The predicted octanol–water partition coefficient (Wildman–Crippen LogP) is 3.03. The number of para-hydroxylation sites is 1. The molecule has 1 atom stereocenters. The highest BCUT2D eigenvalue weighted by Crippen LogP contribution is 2.24. The molecule has 1 saturated heterocycles. The van der Waals surface area contributed by atoms with Crippen molar-refractivity contribution in [2.75, 3.05) is 25.9 Å². The molecule has 2 aromatic rings. The van der Waals surface area contributed by atoms with E-state index >= 15 is 0 Å². The van der Waals surface area contributed by atoms with E-state index in [1.54, 1.807) is 6.33 Å². The molecule has 26 heavy (non-hydrogen) atoms. The minimum Gasteiger partial charge on any atom is -0.349 e. The molecule has 8 heteroatoms. The van der Waals surface area contributed by atoms with Gasteiger partial charge in [0, 0.05) is 36.8 Å². The summed E-state index contributed by atoms with van der Waals surface area (Å²) < 4.78 is 2.00. The van der Waals surface area contributed by atoms with Gasteiger partial charge in [-0.15, -0.1) is 34.2 Å². The number of hydrogen-bond donors (Lipinski definition) is 1. The smallest absolute Gasteiger partial charge is 0.194 e. The van der Waals surface area contributed by atoms with Crippen LogP contribution in [0.25, 0.3) is 5.69 Å². The van der Waals surface area contributed by atoms with Gasteiger partial charge in [0.15, 0.2) is 11.8 Å². The minimum atomic E-state index is 0. The van der Waals surface area contributed by atoms with Crippen molar-refractivity contribution >= 4 is 41.7 Å². The molecule has 1 unspecified atom stereocenters. The van der Waals surface area contributed by atoms with Gasteiger partial charge in [0.25, 0.3) is 0 Å². The van der Waals surface area contributed by atoms with Crippen LogP contribution >= 0.6 is 35.7 Å². The van der Waals surface area contributed by atoms with Gasteiger partial charge in [-0.2, -0.15) is 11.8 Å². The second kappa shape index (κ2) is 10.1. The Morgan fingerprint density at radius 1 is 1.35 bits per heavy atom. The van der Waals surface area contributed by atoms with Crippen LogP contribution in [0.2, 0.25) is 0 Å². The van der Waals surface area contributed by atoms with Crippen LogP contribution < -0.4 is 5.32 Å². The second-order valence-corrected chi connectivity index (χ2v) is 7.80. The number of benzene rings is 1. The summed E-state index contributed by atoms with van der Waals surface area (Å²) in [4.78, 5) is 6.82. The van der Waals surface area contributed by atoms with Gasteiger partial charge in [0.2, 0.25) is 0 Å². The molecule has 1 aromatic heterocycles. The summed E-state index contributed by atoms with van der Waals surface area (Å²) in [5.41, 5.74) is 1.06. The summed E-state index contributed by atoms with van der Waals surface area (Å²) in [6, 6.07) is 10.1. The quantitative estimate of drug-likeness (QED) is 0.409. The molecule has 0 spiro atoms. The third-order valence-corrected chi connectivity index (χ3v) is 5.95. The minimum absolute atomic E-state index is 0. The van der Waals surface area contributed by atoms with E-state index in [0.29, 0.717) is 17.7 Å². The second-order valence-electron chi connectivity index (χ2n) is 6.45. The van der Waals surface area contributed by atoms with Crippen LogP contribution in [0, 0.1) is 5.92 Å². The van der Waals surface area contributed by atoms with E-state index in [-0.39, 0.29) is 24.0 Å². The van der Waals surface area contributed by atoms with Crippen LogP contribution in [0.1, 0.15) is 19.7 Å². The van der Waals surface area contributed by atoms with Crippen molar-refractivity contribution in [1.82, 2.24) is 25.0 Å². The first-order valence-electron chi connectivity index (χ1n) is 8.70. The van der Waals surface area contributed by atoms with Crippen LogP contribution in [0.4, 0.5) is 0 Å². The van der Waals surface area contributed by atoms with Crippen LogP contribution in [0.5, 0.6) is 0 Å². The maximum absolute atomic E-state index is 4.47. The summed E-state index contributed by atoms with van der Waals surface area (Å²) in [7, 11) is 1.84. The summed E-state index contributed by atoms with van der Waals surface area (Å²) in [6.45, 7) is 7.24. The van der Waals surface area contributed by atoms with Gasteiger partial charge in [-0.25, -0.2) is 0 Å². The number of aromatic nitrogens is 3. The molecular weight excluding hydrogens is 459 g/mol. The lowest BCUT2D eigenvalue weighted by Gasteiger charge is -2.36. The molecule has 0 amide bonds. The first-order valence-corrected chi connectivity index (χ1v) is 9.75. The van der Waals surface area contributed by atoms with Crippen molar-refractivity contribution in [2.45, 2.75) is 25.6 Å². The highest BCUT2D eigenvalue weighted by molar-refractivity contribution is 14.0. The lowest BCUT2D eigenvalue weighted by molar-refractivity contribution is 0.380. The predicted molar refractivity (Wildman–Crippen MR) is 120 cm³/mol. The number of halogens is 1. The number of rotatable bonds is 4. The molecule has 0 saturated carbocycles. The highest BCUT2D eigenvalue weighted by atomic mass is 127. The molecule has 1 N–H and O–H groups in total. The maximum atomic E-state index is 4.47. The summed E-state index contributed by atoms with van der Waals surface area (Å²) >= 11 is 2.07. The number of nitrogens with zero attached hydrogens (tertiary/aromatic N) is 5. The van der Waals surface area contributed by atoms with Crippen molar-refractivity contribution in [3.05, 3.63) is 42.5 Å². The molecule has 1 aliphatic heterocycles. The van der Waals surface area contributed by atoms with E-state index in [9.17, 15) is 0 Å². The summed E-state index contributed by atoms with van der Waals surface area (Å²) in [5.74, 6) is 3.63. The Kier molecular flexibility index (Phi) is 8.20. The van der Waals surface area contributed by atoms with E-state index in [4.69, 9.17) is 0 Å². The molecule has 0 bridgehead atoms. The first kappa shape index (κ1) is 21.0. The summed E-state index contributed by atoms with van der Waals surface area (Å²) in [6.07, 6.45) is 1.75. The zero-order valence-electron chi connectivity index (χ0n) is 15.5. The van der Waals surface area contributed by atoms with Gasteiger partial charge in [-0.1, -0.05) is 32.0 Å². The third-order valence-electron chi connectivity index (χ3n) is 4.41. The monoisotopic (exact) mass is 486 g/mol. The zero-order valence-corrected chi connectivity index (χ0v) is 18.6. The third kappa shape index (κ3) is 5.12. The molecule has 2 heterocycles. The Morgan fingerprint density at radius 3 is 2.81 bits per heavy atom. The molecular formula is C18H27IN6S. The number of guanidine groups is 1. The highest BCUT2D eigenvalue weighted by Gasteiger charge is 2.25. The van der Waals surface area contributed by atoms with Gasteiger partial charge in [-0.3, -0.25) is 9.56 Å². The van der Waals surface area contributed by atoms with Crippen molar-refractivity contribution in [1.29, 1.82) is 0 Å². The van der Waals surface area contributed by atoms with E-state index in [1.807, 2.05) is 29.8 Å². The van der Waals surface area contributed by atoms with Crippen molar-refractivity contribution < 1.29 is 0 Å². The maximum Gasteiger partial charge on any atom is 0.194 e. The zero-order chi connectivity index (χ0) is 17.6. The van der Waals surface area contributed by atoms with Crippen molar-refractivity contribution in [3.63, 3.8) is 0 Å². The van der Waals surface area contributed by atoms with Gasteiger partial charge in [0.05, 0.1) is 6.54 Å². The number of nitrogens with one attached hydrogen (secondary N) is 1. The Bertz CT molecular complexity index is 703. The van der Waals surface area contributed by atoms with Gasteiger partial charge < -0.3 is 10.2 Å². The van der Waals surface area contributed by atoms with Crippen LogP contribution in [0.3, 0.4) is 0 Å². The average molecular weight is 486 g/mol. The molecule has 3 rings (SSSR count). The Labute approximate surface area is 176 Å². The molecule has 0 aliphatic carbocycles. The van der Waals surface area contributed by atoms with Gasteiger partial charge in [-0.05, 0) is 18.1 Å². The van der Waals surface area contributed by atoms with E-state index in [2.05, 4.69) is 63.1 Å². The number of thioether (sulfide) groups is 1. The largest absolute Gasteiger partial charge is 0.349 e. The fourth-order valence-electron chi connectivity index (χ4n) is 2.95. The first-order chi connectivity index (χ1) is 12.2. The SMILES string of the molecule is CN=C(NCc1nncn1-c1ccccc1)N1CCSC(C(C)C)C1.I. The fraction of sp³-hybridized carbons (Fsp3) is 0.500. The van der Waals surface area contributed by atoms with Crippen molar-refractivity contribution in [3.8, 4) is 5.69 Å². The number of hydrogen-bond acceptors (Lipinski definition) is 4. The molecule has 1 fully saturated rings. The van der Waals surface area contributed by atoms with Crippen LogP contribution in [-0.4, -0.2) is 56.8 Å². The Morgan fingerprint density at radius 2 is 2.12 bits per heavy atom. The molecule has 0 radical (unpaired) electrons.